The molecule has 1 amide bonds. The zero-order chi connectivity index (χ0) is 19.8. The number of carbonyl (C=O) groups excluding carboxylic acids is 1. The molecular weight excluding hydrogens is 346 g/mol. The van der Waals surface area contributed by atoms with Crippen molar-refractivity contribution >= 4 is 17.8 Å². The molecular formula is C21H23NO5. The van der Waals surface area contributed by atoms with Crippen molar-refractivity contribution in [2.24, 2.45) is 5.92 Å². The van der Waals surface area contributed by atoms with Gasteiger partial charge in [0.2, 0.25) is 5.91 Å². The molecule has 0 aliphatic heterocycles. The molecule has 0 heterocycles. The molecule has 0 aliphatic rings. The Labute approximate surface area is 157 Å². The molecule has 0 radical (unpaired) electrons. The number of aliphatic carboxylic acids is 2. The fraction of sp³-hybridized carbons (Fsp3) is 0.286. The van der Waals surface area contributed by atoms with E-state index in [-0.39, 0.29) is 6.42 Å². The molecule has 0 aromatic heterocycles. The van der Waals surface area contributed by atoms with E-state index in [9.17, 15) is 14.4 Å². The van der Waals surface area contributed by atoms with Gasteiger partial charge in [-0.25, -0.2) is 0 Å². The topological polar surface area (TPSA) is 104 Å². The third-order valence-corrected chi connectivity index (χ3v) is 4.28. The highest BCUT2D eigenvalue weighted by Gasteiger charge is 2.21. The van der Waals surface area contributed by atoms with Crippen molar-refractivity contribution in [1.82, 2.24) is 5.32 Å². The SMILES string of the molecule is C[C@@H](C[C@@H](Cc1ccc(-c2ccccc2)cc1)NC(=O)CC(=O)O)C(=O)O. The van der Waals surface area contributed by atoms with Crippen molar-refractivity contribution in [3.63, 3.8) is 0 Å². The molecule has 0 saturated carbocycles. The average molecular weight is 369 g/mol. The number of rotatable bonds is 9. The van der Waals surface area contributed by atoms with Gasteiger partial charge < -0.3 is 15.5 Å². The molecule has 142 valence electrons. The lowest BCUT2D eigenvalue weighted by Gasteiger charge is -2.21. The fourth-order valence-corrected chi connectivity index (χ4v) is 2.89. The highest BCUT2D eigenvalue weighted by Crippen LogP contribution is 2.20. The van der Waals surface area contributed by atoms with Crippen LogP contribution in [0.2, 0.25) is 0 Å². The zero-order valence-corrected chi connectivity index (χ0v) is 15.1. The molecule has 0 saturated heterocycles. The lowest BCUT2D eigenvalue weighted by molar-refractivity contribution is -0.143. The van der Waals surface area contributed by atoms with E-state index in [1.54, 1.807) is 6.92 Å². The lowest BCUT2D eigenvalue weighted by atomic mass is 9.95. The third kappa shape index (κ3) is 6.58. The summed E-state index contributed by atoms with van der Waals surface area (Å²) < 4.78 is 0. The summed E-state index contributed by atoms with van der Waals surface area (Å²) in [4.78, 5) is 33.6. The highest BCUT2D eigenvalue weighted by molar-refractivity contribution is 5.93. The second kappa shape index (κ2) is 9.52. The minimum atomic E-state index is -1.22. The van der Waals surface area contributed by atoms with Crippen LogP contribution >= 0.6 is 0 Å². The average Bonchev–Trinajstić information content (AvgIpc) is 2.62. The van der Waals surface area contributed by atoms with Gasteiger partial charge in [0.25, 0.3) is 0 Å². The van der Waals surface area contributed by atoms with Crippen LogP contribution in [-0.4, -0.2) is 34.1 Å². The van der Waals surface area contributed by atoms with E-state index in [1.165, 1.54) is 0 Å². The summed E-state index contributed by atoms with van der Waals surface area (Å²) in [6.45, 7) is 1.57. The number of amides is 1. The first-order valence-electron chi connectivity index (χ1n) is 8.73. The maximum Gasteiger partial charge on any atom is 0.312 e. The van der Waals surface area contributed by atoms with Crippen molar-refractivity contribution in [3.05, 3.63) is 60.2 Å². The first-order chi connectivity index (χ1) is 12.8. The van der Waals surface area contributed by atoms with Crippen LogP contribution in [0.4, 0.5) is 0 Å². The Morgan fingerprint density at radius 3 is 2.07 bits per heavy atom. The van der Waals surface area contributed by atoms with E-state index in [0.717, 1.165) is 16.7 Å². The van der Waals surface area contributed by atoms with Gasteiger partial charge in [0.05, 0.1) is 5.92 Å². The van der Waals surface area contributed by atoms with Crippen molar-refractivity contribution in [1.29, 1.82) is 0 Å². The van der Waals surface area contributed by atoms with E-state index < -0.39 is 36.2 Å². The molecule has 2 aromatic carbocycles. The van der Waals surface area contributed by atoms with Gasteiger partial charge in [0.1, 0.15) is 6.42 Å². The number of carbonyl (C=O) groups is 3. The van der Waals surface area contributed by atoms with Crippen LogP contribution in [0.5, 0.6) is 0 Å². The van der Waals surface area contributed by atoms with E-state index in [2.05, 4.69) is 5.32 Å². The predicted molar refractivity (Wildman–Crippen MR) is 101 cm³/mol. The van der Waals surface area contributed by atoms with Crippen LogP contribution in [0, 0.1) is 5.92 Å². The van der Waals surface area contributed by atoms with Crippen molar-refractivity contribution in [2.75, 3.05) is 0 Å². The van der Waals surface area contributed by atoms with Crippen LogP contribution in [0.15, 0.2) is 54.6 Å². The van der Waals surface area contributed by atoms with E-state index >= 15 is 0 Å². The largest absolute Gasteiger partial charge is 0.481 e. The van der Waals surface area contributed by atoms with Crippen molar-refractivity contribution in [3.8, 4) is 11.1 Å². The van der Waals surface area contributed by atoms with Gasteiger partial charge in [-0.3, -0.25) is 14.4 Å². The molecule has 6 nitrogen and oxygen atoms in total. The summed E-state index contributed by atoms with van der Waals surface area (Å²) in [5.74, 6) is -3.44. The Morgan fingerprint density at radius 1 is 0.926 bits per heavy atom. The summed E-state index contributed by atoms with van der Waals surface area (Å²) in [5, 5.41) is 20.5. The Kier molecular flexibility index (Phi) is 7.11. The molecule has 2 atom stereocenters. The summed E-state index contributed by atoms with van der Waals surface area (Å²) >= 11 is 0. The quantitative estimate of drug-likeness (QED) is 0.590. The first kappa shape index (κ1) is 20.2. The molecule has 2 rings (SSSR count). The minimum absolute atomic E-state index is 0.223. The number of benzene rings is 2. The second-order valence-electron chi connectivity index (χ2n) is 6.58. The third-order valence-electron chi connectivity index (χ3n) is 4.28. The van der Waals surface area contributed by atoms with Crippen molar-refractivity contribution in [2.45, 2.75) is 32.2 Å². The smallest absolute Gasteiger partial charge is 0.312 e. The van der Waals surface area contributed by atoms with Crippen LogP contribution in [0.1, 0.15) is 25.3 Å². The number of nitrogens with one attached hydrogen (secondary N) is 1. The molecule has 0 bridgehead atoms. The lowest BCUT2D eigenvalue weighted by Crippen LogP contribution is -2.39. The number of carboxylic acids is 2. The summed E-state index contributed by atoms with van der Waals surface area (Å²) in [6, 6.07) is 17.3. The Morgan fingerprint density at radius 2 is 1.52 bits per heavy atom. The fourth-order valence-electron chi connectivity index (χ4n) is 2.89. The van der Waals surface area contributed by atoms with Crippen LogP contribution < -0.4 is 5.32 Å². The van der Waals surface area contributed by atoms with E-state index in [4.69, 9.17) is 10.2 Å². The Bertz CT molecular complexity index is 786. The van der Waals surface area contributed by atoms with Gasteiger partial charge in [-0.15, -0.1) is 0 Å². The summed E-state index contributed by atoms with van der Waals surface area (Å²) in [7, 11) is 0. The summed E-state index contributed by atoms with van der Waals surface area (Å²) in [6.07, 6.45) is 0.0179. The maximum atomic E-state index is 11.8. The molecule has 0 aliphatic carbocycles. The minimum Gasteiger partial charge on any atom is -0.481 e. The van der Waals surface area contributed by atoms with Crippen LogP contribution in [-0.2, 0) is 20.8 Å². The van der Waals surface area contributed by atoms with E-state index in [1.807, 2.05) is 54.6 Å². The normalized spacial score (nSPS) is 12.8. The molecule has 0 spiro atoms. The standard InChI is InChI=1S/C21H23NO5/c1-14(21(26)27)11-18(22-19(23)13-20(24)25)12-15-7-9-17(10-8-15)16-5-3-2-4-6-16/h2-10,14,18H,11-13H2,1H3,(H,22,23)(H,24,25)(H,26,27)/t14-,18-/m0/s1. The van der Waals surface area contributed by atoms with Crippen LogP contribution in [0.3, 0.4) is 0 Å². The Balaban J connectivity index is 2.09. The monoisotopic (exact) mass is 369 g/mol. The van der Waals surface area contributed by atoms with Gasteiger partial charge in [0.15, 0.2) is 0 Å². The Hall–Kier alpha value is -3.15. The molecule has 0 fully saturated rings. The van der Waals surface area contributed by atoms with Crippen LogP contribution in [0.25, 0.3) is 11.1 Å². The highest BCUT2D eigenvalue weighted by atomic mass is 16.4. The molecule has 6 heteroatoms. The maximum absolute atomic E-state index is 11.8. The van der Waals surface area contributed by atoms with Gasteiger partial charge in [-0.2, -0.15) is 0 Å². The zero-order valence-electron chi connectivity index (χ0n) is 15.1. The number of hydrogen-bond donors (Lipinski definition) is 3. The van der Waals surface area contributed by atoms with Gasteiger partial charge in [-0.05, 0) is 29.5 Å². The van der Waals surface area contributed by atoms with E-state index in [0.29, 0.717) is 6.42 Å². The van der Waals surface area contributed by atoms with Crippen molar-refractivity contribution < 1.29 is 24.6 Å². The van der Waals surface area contributed by atoms with Gasteiger partial charge >= 0.3 is 11.9 Å². The molecule has 3 N–H and O–H groups in total. The molecule has 2 aromatic rings. The van der Waals surface area contributed by atoms with Gasteiger partial charge in [0, 0.05) is 6.04 Å². The van der Waals surface area contributed by atoms with Gasteiger partial charge in [-0.1, -0.05) is 61.5 Å². The molecule has 0 unspecified atom stereocenters. The molecule has 27 heavy (non-hydrogen) atoms. The first-order valence-corrected chi connectivity index (χ1v) is 8.73. The number of carboxylic acid groups (broad SMARTS) is 2. The second-order valence-corrected chi connectivity index (χ2v) is 6.58. The predicted octanol–water partition coefficient (Wildman–Crippen LogP) is 2.97. The number of hydrogen-bond acceptors (Lipinski definition) is 3. The summed E-state index contributed by atoms with van der Waals surface area (Å²) in [5.41, 5.74) is 3.09.